The van der Waals surface area contributed by atoms with Crippen molar-refractivity contribution in [3.8, 4) is 0 Å². The van der Waals surface area contributed by atoms with Gasteiger partial charge in [-0.1, -0.05) is 0 Å². The highest BCUT2D eigenvalue weighted by atomic mass is 16.5. The maximum Gasteiger partial charge on any atom is 0.303 e. The molecule has 0 saturated carbocycles. The third-order valence-corrected chi connectivity index (χ3v) is 0.901. The molecule has 0 spiro atoms. The Bertz CT molecular complexity index is 205. The van der Waals surface area contributed by atoms with Gasteiger partial charge in [-0.15, -0.1) is 0 Å². The molecular weight excluding hydrogens is 134 g/mol. The number of carbonyl (C=O) groups excluding carboxylic acids is 1. The van der Waals surface area contributed by atoms with E-state index in [-0.39, 0.29) is 12.6 Å². The first-order chi connectivity index (χ1) is 4.79. The van der Waals surface area contributed by atoms with Crippen LogP contribution in [0.1, 0.15) is 12.7 Å². The normalized spacial score (nSPS) is 9.30. The highest BCUT2D eigenvalue weighted by Crippen LogP contribution is 1.97. The summed E-state index contributed by atoms with van der Waals surface area (Å²) in [6.07, 6.45) is 2.79. The minimum absolute atomic E-state index is 0.162. The van der Waals surface area contributed by atoms with Gasteiger partial charge in [-0.05, 0) is 0 Å². The van der Waals surface area contributed by atoms with Gasteiger partial charge in [0.1, 0.15) is 0 Å². The van der Waals surface area contributed by atoms with E-state index < -0.39 is 0 Å². The SMILES string of the molecule is CC(=O)OCc1cnco1. The van der Waals surface area contributed by atoms with Gasteiger partial charge in [-0.2, -0.15) is 0 Å². The number of hydrogen-bond acceptors (Lipinski definition) is 4. The van der Waals surface area contributed by atoms with E-state index in [1.807, 2.05) is 0 Å². The zero-order valence-corrected chi connectivity index (χ0v) is 5.53. The quantitative estimate of drug-likeness (QED) is 0.570. The summed E-state index contributed by atoms with van der Waals surface area (Å²) >= 11 is 0. The van der Waals surface area contributed by atoms with Crippen molar-refractivity contribution in [2.24, 2.45) is 0 Å². The Morgan fingerprint density at radius 3 is 3.20 bits per heavy atom. The number of rotatable bonds is 2. The van der Waals surface area contributed by atoms with E-state index in [1.165, 1.54) is 19.5 Å². The van der Waals surface area contributed by atoms with Gasteiger partial charge in [0.05, 0.1) is 6.20 Å². The van der Waals surface area contributed by atoms with Gasteiger partial charge in [0.15, 0.2) is 18.8 Å². The maximum absolute atomic E-state index is 10.3. The monoisotopic (exact) mass is 141 g/mol. The Hall–Kier alpha value is -1.32. The second-order valence-electron chi connectivity index (χ2n) is 1.75. The average Bonchev–Trinajstić information content (AvgIpc) is 2.34. The largest absolute Gasteiger partial charge is 0.458 e. The molecule has 0 saturated heterocycles. The molecule has 1 rings (SSSR count). The number of esters is 1. The summed E-state index contributed by atoms with van der Waals surface area (Å²) in [6, 6.07) is 0. The lowest BCUT2D eigenvalue weighted by molar-refractivity contribution is -0.142. The molecule has 0 radical (unpaired) electrons. The van der Waals surface area contributed by atoms with E-state index in [0.717, 1.165) is 0 Å². The molecule has 0 unspecified atom stereocenters. The summed E-state index contributed by atoms with van der Waals surface area (Å²) in [5.41, 5.74) is 0. The standard InChI is InChI=1S/C6H7NO3/c1-5(8)9-3-6-2-7-4-10-6/h2,4H,3H2,1H3. The van der Waals surface area contributed by atoms with Crippen molar-refractivity contribution in [2.75, 3.05) is 0 Å². The molecular formula is C6H7NO3. The molecule has 10 heavy (non-hydrogen) atoms. The Morgan fingerprint density at radius 1 is 1.90 bits per heavy atom. The average molecular weight is 141 g/mol. The Morgan fingerprint density at radius 2 is 2.70 bits per heavy atom. The van der Waals surface area contributed by atoms with Crippen LogP contribution in [0.15, 0.2) is 17.0 Å². The lowest BCUT2D eigenvalue weighted by Crippen LogP contribution is -1.97. The summed E-state index contributed by atoms with van der Waals surface area (Å²) in [4.78, 5) is 13.9. The molecule has 0 atom stereocenters. The third-order valence-electron chi connectivity index (χ3n) is 0.901. The van der Waals surface area contributed by atoms with Crippen LogP contribution in [0.2, 0.25) is 0 Å². The third kappa shape index (κ3) is 1.89. The van der Waals surface area contributed by atoms with Crippen molar-refractivity contribution >= 4 is 5.97 Å². The fourth-order valence-electron chi connectivity index (χ4n) is 0.486. The first kappa shape index (κ1) is 6.80. The van der Waals surface area contributed by atoms with Crippen molar-refractivity contribution in [1.82, 2.24) is 4.98 Å². The van der Waals surface area contributed by atoms with Crippen LogP contribution in [0.25, 0.3) is 0 Å². The van der Waals surface area contributed by atoms with E-state index in [2.05, 4.69) is 9.72 Å². The van der Waals surface area contributed by atoms with Crippen LogP contribution in [-0.2, 0) is 16.1 Å². The van der Waals surface area contributed by atoms with Gasteiger partial charge >= 0.3 is 5.97 Å². The van der Waals surface area contributed by atoms with Crippen LogP contribution in [-0.4, -0.2) is 11.0 Å². The smallest absolute Gasteiger partial charge is 0.303 e. The van der Waals surface area contributed by atoms with Crippen LogP contribution >= 0.6 is 0 Å². The first-order valence-corrected chi connectivity index (χ1v) is 2.80. The number of hydrogen-bond donors (Lipinski definition) is 0. The summed E-state index contributed by atoms with van der Waals surface area (Å²) in [7, 11) is 0. The predicted molar refractivity (Wildman–Crippen MR) is 32.0 cm³/mol. The highest BCUT2D eigenvalue weighted by molar-refractivity contribution is 5.65. The lowest BCUT2D eigenvalue weighted by atomic mass is 10.5. The molecule has 4 heteroatoms. The van der Waals surface area contributed by atoms with E-state index in [0.29, 0.717) is 5.76 Å². The summed E-state index contributed by atoms with van der Waals surface area (Å²) in [5, 5.41) is 0. The maximum atomic E-state index is 10.3. The van der Waals surface area contributed by atoms with Crippen LogP contribution < -0.4 is 0 Å². The molecule has 0 N–H and O–H groups in total. The van der Waals surface area contributed by atoms with Gasteiger partial charge in [0.2, 0.25) is 0 Å². The Balaban J connectivity index is 2.35. The zero-order chi connectivity index (χ0) is 7.40. The minimum atomic E-state index is -0.323. The molecule has 1 aromatic rings. The number of aromatic nitrogens is 1. The van der Waals surface area contributed by atoms with Crippen LogP contribution in [0, 0.1) is 0 Å². The van der Waals surface area contributed by atoms with Crippen LogP contribution in [0.4, 0.5) is 0 Å². The first-order valence-electron chi connectivity index (χ1n) is 2.80. The van der Waals surface area contributed by atoms with Crippen molar-refractivity contribution in [3.63, 3.8) is 0 Å². The molecule has 0 amide bonds. The van der Waals surface area contributed by atoms with Gasteiger partial charge < -0.3 is 9.15 Å². The molecule has 0 aliphatic heterocycles. The molecule has 4 nitrogen and oxygen atoms in total. The molecule has 54 valence electrons. The molecule has 1 aromatic heterocycles. The molecule has 0 aliphatic carbocycles. The zero-order valence-electron chi connectivity index (χ0n) is 5.53. The van der Waals surface area contributed by atoms with Crippen molar-refractivity contribution in [2.45, 2.75) is 13.5 Å². The van der Waals surface area contributed by atoms with E-state index in [4.69, 9.17) is 4.42 Å². The second-order valence-corrected chi connectivity index (χ2v) is 1.75. The van der Waals surface area contributed by atoms with Gasteiger partial charge in [-0.3, -0.25) is 4.79 Å². The molecule has 0 fully saturated rings. The molecule has 0 bridgehead atoms. The van der Waals surface area contributed by atoms with Gasteiger partial charge in [0, 0.05) is 6.92 Å². The van der Waals surface area contributed by atoms with Crippen molar-refractivity contribution in [3.05, 3.63) is 18.4 Å². The van der Waals surface area contributed by atoms with E-state index in [1.54, 1.807) is 0 Å². The topological polar surface area (TPSA) is 52.3 Å². The molecule has 0 aliphatic rings. The predicted octanol–water partition coefficient (Wildman–Crippen LogP) is 0.738. The minimum Gasteiger partial charge on any atom is -0.458 e. The summed E-state index contributed by atoms with van der Waals surface area (Å²) < 4.78 is 9.41. The summed E-state index contributed by atoms with van der Waals surface area (Å²) in [5.74, 6) is 0.228. The van der Waals surface area contributed by atoms with Crippen LogP contribution in [0.5, 0.6) is 0 Å². The Kier molecular flexibility index (Phi) is 2.04. The van der Waals surface area contributed by atoms with Crippen LogP contribution in [0.3, 0.4) is 0 Å². The lowest BCUT2D eigenvalue weighted by Gasteiger charge is -1.94. The molecule has 1 heterocycles. The van der Waals surface area contributed by atoms with Gasteiger partial charge in [0.25, 0.3) is 0 Å². The number of carbonyl (C=O) groups is 1. The summed E-state index contributed by atoms with van der Waals surface area (Å²) in [6.45, 7) is 1.51. The fourth-order valence-corrected chi connectivity index (χ4v) is 0.486. The second kappa shape index (κ2) is 3.00. The highest BCUT2D eigenvalue weighted by Gasteiger charge is 1.97. The van der Waals surface area contributed by atoms with Crippen molar-refractivity contribution < 1.29 is 13.9 Å². The fraction of sp³-hybridized carbons (Fsp3) is 0.333. The number of ether oxygens (including phenoxy) is 1. The van der Waals surface area contributed by atoms with E-state index in [9.17, 15) is 4.79 Å². The number of oxazole rings is 1. The number of nitrogens with zero attached hydrogens (tertiary/aromatic N) is 1. The van der Waals surface area contributed by atoms with Crippen molar-refractivity contribution in [1.29, 1.82) is 0 Å². The van der Waals surface area contributed by atoms with Gasteiger partial charge in [-0.25, -0.2) is 4.98 Å². The molecule has 0 aromatic carbocycles. The van der Waals surface area contributed by atoms with E-state index >= 15 is 0 Å². The Labute approximate surface area is 57.8 Å².